The molecule has 0 saturated heterocycles. The third-order valence-electron chi connectivity index (χ3n) is 4.17. The molecule has 0 unspecified atom stereocenters. The van der Waals surface area contributed by atoms with Gasteiger partial charge in [0.15, 0.2) is 0 Å². The number of aromatic carboxylic acids is 1. The van der Waals surface area contributed by atoms with Gasteiger partial charge in [0.25, 0.3) is 0 Å². The Kier molecular flexibility index (Phi) is 4.22. The molecule has 0 atom stereocenters. The van der Waals surface area contributed by atoms with Gasteiger partial charge in [-0.2, -0.15) is 5.10 Å². The second kappa shape index (κ2) is 6.68. The van der Waals surface area contributed by atoms with Gasteiger partial charge in [0.1, 0.15) is 10.7 Å². The van der Waals surface area contributed by atoms with Crippen molar-refractivity contribution in [2.45, 2.75) is 19.8 Å². The largest absolute Gasteiger partial charge is 0.477 e. The van der Waals surface area contributed by atoms with Crippen molar-refractivity contribution in [3.63, 3.8) is 0 Å². The summed E-state index contributed by atoms with van der Waals surface area (Å²) >= 11 is 1.52. The van der Waals surface area contributed by atoms with Gasteiger partial charge in [-0.05, 0) is 24.1 Å². The maximum Gasteiger partial charge on any atom is 0.354 e. The molecule has 7 heteroatoms. The highest BCUT2D eigenvalue weighted by Crippen LogP contribution is 2.35. The van der Waals surface area contributed by atoms with Crippen LogP contribution in [0.1, 0.15) is 29.4 Å². The lowest BCUT2D eigenvalue weighted by Gasteiger charge is -1.99. The average molecular weight is 364 g/mol. The molecule has 4 aromatic rings. The van der Waals surface area contributed by atoms with Crippen molar-refractivity contribution >= 4 is 28.2 Å². The standard InChI is InChI=1S/C19H16N4O2S/c1-2-4-11-5-3-6-13-16(11)22-23-17(13)15-10-21-18(26-15)12-7-8-14(19(24)25)20-9-12/h3,5-10H,2,4H2,1H3,(H,22,23)(H,24,25). The molecule has 1 aromatic carbocycles. The monoisotopic (exact) mass is 364 g/mol. The second-order valence-corrected chi connectivity index (χ2v) is 6.96. The van der Waals surface area contributed by atoms with Crippen molar-refractivity contribution in [3.05, 3.63) is 54.0 Å². The highest BCUT2D eigenvalue weighted by atomic mass is 32.1. The summed E-state index contributed by atoms with van der Waals surface area (Å²) in [6, 6.07) is 9.45. The Morgan fingerprint density at radius 1 is 1.19 bits per heavy atom. The van der Waals surface area contributed by atoms with Crippen LogP contribution in [-0.2, 0) is 6.42 Å². The number of nitrogens with zero attached hydrogens (tertiary/aromatic N) is 3. The van der Waals surface area contributed by atoms with Crippen LogP contribution >= 0.6 is 11.3 Å². The minimum Gasteiger partial charge on any atom is -0.477 e. The van der Waals surface area contributed by atoms with E-state index in [-0.39, 0.29) is 5.69 Å². The fourth-order valence-corrected chi connectivity index (χ4v) is 3.84. The number of carboxylic acid groups (broad SMARTS) is 1. The van der Waals surface area contributed by atoms with Crippen molar-refractivity contribution in [2.24, 2.45) is 0 Å². The molecule has 0 spiro atoms. The quantitative estimate of drug-likeness (QED) is 0.548. The zero-order valence-corrected chi connectivity index (χ0v) is 14.9. The maximum atomic E-state index is 10.9. The number of nitrogens with one attached hydrogen (secondary N) is 1. The van der Waals surface area contributed by atoms with Crippen LogP contribution in [0.15, 0.2) is 42.7 Å². The Labute approximate surface area is 153 Å². The highest BCUT2D eigenvalue weighted by Gasteiger charge is 2.14. The SMILES string of the molecule is CCCc1cccc2c(-c3cnc(-c4ccc(C(=O)O)nc4)s3)[nH]nc12. The number of carboxylic acids is 1. The van der Waals surface area contributed by atoms with Crippen molar-refractivity contribution in [3.8, 4) is 21.1 Å². The Balaban J connectivity index is 1.71. The number of aryl methyl sites for hydroxylation is 1. The molecular formula is C19H16N4O2S. The van der Waals surface area contributed by atoms with Crippen LogP contribution in [0.2, 0.25) is 0 Å². The topological polar surface area (TPSA) is 91.8 Å². The van der Waals surface area contributed by atoms with Crippen molar-refractivity contribution in [1.82, 2.24) is 20.2 Å². The van der Waals surface area contributed by atoms with Gasteiger partial charge in [-0.15, -0.1) is 11.3 Å². The summed E-state index contributed by atoms with van der Waals surface area (Å²) in [6.45, 7) is 2.16. The molecule has 0 amide bonds. The Morgan fingerprint density at radius 3 is 2.81 bits per heavy atom. The molecule has 3 aromatic heterocycles. The van der Waals surface area contributed by atoms with Crippen LogP contribution in [-0.4, -0.2) is 31.2 Å². The van der Waals surface area contributed by atoms with Crippen LogP contribution in [0.3, 0.4) is 0 Å². The van der Waals surface area contributed by atoms with Crippen LogP contribution < -0.4 is 0 Å². The highest BCUT2D eigenvalue weighted by molar-refractivity contribution is 7.18. The first-order chi connectivity index (χ1) is 12.7. The number of thiazole rings is 1. The molecule has 0 fully saturated rings. The third kappa shape index (κ3) is 2.86. The lowest BCUT2D eigenvalue weighted by atomic mass is 10.1. The Bertz CT molecular complexity index is 1080. The maximum absolute atomic E-state index is 10.9. The second-order valence-electron chi connectivity index (χ2n) is 5.93. The number of aromatic amines is 1. The molecule has 0 saturated carbocycles. The molecule has 0 bridgehead atoms. The van der Waals surface area contributed by atoms with Crippen LogP contribution in [0, 0.1) is 0 Å². The summed E-state index contributed by atoms with van der Waals surface area (Å²) in [4.78, 5) is 20.3. The Morgan fingerprint density at radius 2 is 2.08 bits per heavy atom. The molecule has 26 heavy (non-hydrogen) atoms. The van der Waals surface area contributed by atoms with E-state index in [4.69, 9.17) is 5.11 Å². The van der Waals surface area contributed by atoms with Crippen LogP contribution in [0.4, 0.5) is 0 Å². The number of pyridine rings is 1. The molecule has 6 nitrogen and oxygen atoms in total. The summed E-state index contributed by atoms with van der Waals surface area (Å²) in [5.74, 6) is -1.04. The zero-order chi connectivity index (χ0) is 18.1. The first-order valence-corrected chi connectivity index (χ1v) is 9.11. The average Bonchev–Trinajstić information content (AvgIpc) is 3.29. The smallest absolute Gasteiger partial charge is 0.354 e. The van der Waals surface area contributed by atoms with Crippen molar-refractivity contribution in [2.75, 3.05) is 0 Å². The van der Waals surface area contributed by atoms with E-state index in [1.54, 1.807) is 6.07 Å². The number of para-hydroxylation sites is 1. The van der Waals surface area contributed by atoms with Gasteiger partial charge in [0.2, 0.25) is 0 Å². The van der Waals surface area contributed by atoms with Gasteiger partial charge in [-0.1, -0.05) is 31.5 Å². The molecule has 0 aliphatic heterocycles. The van der Waals surface area contributed by atoms with E-state index in [1.165, 1.54) is 29.2 Å². The summed E-state index contributed by atoms with van der Waals surface area (Å²) in [5.41, 5.74) is 4.02. The number of benzene rings is 1. The Hall–Kier alpha value is -3.06. The van der Waals surface area contributed by atoms with E-state index in [0.29, 0.717) is 0 Å². The molecule has 0 radical (unpaired) electrons. The van der Waals surface area contributed by atoms with Gasteiger partial charge in [0, 0.05) is 23.3 Å². The normalized spacial score (nSPS) is 11.1. The fourth-order valence-electron chi connectivity index (χ4n) is 2.93. The molecule has 0 aliphatic rings. The lowest BCUT2D eigenvalue weighted by Crippen LogP contribution is -1.98. The molecular weight excluding hydrogens is 348 g/mol. The molecule has 130 valence electrons. The first kappa shape index (κ1) is 16.4. The van der Waals surface area contributed by atoms with Crippen LogP contribution in [0.5, 0.6) is 0 Å². The van der Waals surface area contributed by atoms with Gasteiger partial charge in [-0.3, -0.25) is 5.10 Å². The molecule has 4 rings (SSSR count). The molecule has 0 aliphatic carbocycles. The lowest BCUT2D eigenvalue weighted by molar-refractivity contribution is 0.0690. The van der Waals surface area contributed by atoms with E-state index < -0.39 is 5.97 Å². The van der Waals surface area contributed by atoms with Gasteiger partial charge >= 0.3 is 5.97 Å². The third-order valence-corrected chi connectivity index (χ3v) is 5.23. The van der Waals surface area contributed by atoms with E-state index >= 15 is 0 Å². The number of hydrogen-bond acceptors (Lipinski definition) is 5. The van der Waals surface area contributed by atoms with E-state index in [9.17, 15) is 4.79 Å². The first-order valence-electron chi connectivity index (χ1n) is 8.29. The minimum absolute atomic E-state index is 0.0218. The van der Waals surface area contributed by atoms with Gasteiger partial charge in [-0.25, -0.2) is 14.8 Å². The summed E-state index contributed by atoms with van der Waals surface area (Å²) < 4.78 is 0. The minimum atomic E-state index is -1.04. The number of rotatable bonds is 5. The molecule has 3 heterocycles. The van der Waals surface area contributed by atoms with Crippen molar-refractivity contribution < 1.29 is 9.90 Å². The number of carbonyl (C=O) groups is 1. The summed E-state index contributed by atoms with van der Waals surface area (Å²) in [5, 5.41) is 18.5. The summed E-state index contributed by atoms with van der Waals surface area (Å²) in [7, 11) is 0. The van der Waals surface area contributed by atoms with E-state index in [2.05, 4.69) is 45.3 Å². The summed E-state index contributed by atoms with van der Waals surface area (Å²) in [6.07, 6.45) is 5.42. The zero-order valence-electron chi connectivity index (χ0n) is 14.1. The predicted molar refractivity (Wildman–Crippen MR) is 101 cm³/mol. The predicted octanol–water partition coefficient (Wildman–Crippen LogP) is 4.40. The van der Waals surface area contributed by atoms with Gasteiger partial charge < -0.3 is 5.11 Å². The number of hydrogen-bond donors (Lipinski definition) is 2. The molecule has 2 N–H and O–H groups in total. The van der Waals surface area contributed by atoms with Crippen LogP contribution in [0.25, 0.3) is 32.0 Å². The van der Waals surface area contributed by atoms with Gasteiger partial charge in [0.05, 0.1) is 16.1 Å². The van der Waals surface area contributed by atoms with Crippen molar-refractivity contribution in [1.29, 1.82) is 0 Å². The number of fused-ring (bicyclic) bond motifs is 1. The van der Waals surface area contributed by atoms with E-state index in [0.717, 1.165) is 44.9 Å². The van der Waals surface area contributed by atoms with E-state index in [1.807, 2.05) is 6.20 Å². The fraction of sp³-hybridized carbons (Fsp3) is 0.158. The number of H-pyrrole nitrogens is 1. The number of aromatic nitrogens is 4.